The van der Waals surface area contributed by atoms with Gasteiger partial charge in [-0.15, -0.1) is 0 Å². The molecule has 0 unspecified atom stereocenters. The van der Waals surface area contributed by atoms with E-state index in [1.165, 1.54) is 0 Å². The lowest BCUT2D eigenvalue weighted by Gasteiger charge is -2.07. The predicted molar refractivity (Wildman–Crippen MR) is 63.7 cm³/mol. The van der Waals surface area contributed by atoms with E-state index in [2.05, 4.69) is 9.97 Å². The highest BCUT2D eigenvalue weighted by Crippen LogP contribution is 2.22. The zero-order valence-electron chi connectivity index (χ0n) is 9.28. The number of nitrogens with zero attached hydrogens (tertiary/aromatic N) is 3. The Bertz CT molecular complexity index is 542. The first-order valence-electron chi connectivity index (χ1n) is 5.11. The molecule has 2 heterocycles. The first-order valence-corrected chi connectivity index (χ1v) is 5.48. The molecule has 0 aliphatic carbocycles. The minimum absolute atomic E-state index is 0.147. The summed E-state index contributed by atoms with van der Waals surface area (Å²) < 4.78 is 6.82. The number of carboxylic acids is 1. The van der Waals surface area contributed by atoms with E-state index in [1.807, 2.05) is 10.8 Å². The number of imidazole rings is 1. The van der Waals surface area contributed by atoms with Crippen molar-refractivity contribution in [3.8, 4) is 5.75 Å². The van der Waals surface area contributed by atoms with Crippen LogP contribution < -0.4 is 4.74 Å². The second-order valence-electron chi connectivity index (χ2n) is 3.51. The molecule has 2 aromatic rings. The lowest BCUT2D eigenvalue weighted by molar-refractivity contribution is -0.139. The molecule has 0 fully saturated rings. The van der Waals surface area contributed by atoms with Gasteiger partial charge in [-0.25, -0.2) is 14.8 Å². The van der Waals surface area contributed by atoms with Crippen LogP contribution >= 0.6 is 11.6 Å². The molecule has 7 heteroatoms. The van der Waals surface area contributed by atoms with Crippen LogP contribution in [0, 0.1) is 0 Å². The molecule has 0 aromatic carbocycles. The van der Waals surface area contributed by atoms with Crippen molar-refractivity contribution in [1.82, 2.24) is 14.5 Å². The van der Waals surface area contributed by atoms with Crippen LogP contribution in [0.15, 0.2) is 30.9 Å². The van der Waals surface area contributed by atoms with Crippen molar-refractivity contribution >= 4 is 17.6 Å². The van der Waals surface area contributed by atoms with Gasteiger partial charge in [0, 0.05) is 12.4 Å². The van der Waals surface area contributed by atoms with Crippen molar-refractivity contribution < 1.29 is 14.6 Å². The minimum Gasteiger partial charge on any atom is -0.479 e. The van der Waals surface area contributed by atoms with Gasteiger partial charge in [0.1, 0.15) is 0 Å². The zero-order valence-corrected chi connectivity index (χ0v) is 10.0. The smallest absolute Gasteiger partial charge is 0.341 e. The van der Waals surface area contributed by atoms with Gasteiger partial charge in [-0.1, -0.05) is 11.6 Å². The van der Waals surface area contributed by atoms with Crippen LogP contribution in [0.2, 0.25) is 5.15 Å². The minimum atomic E-state index is -1.06. The monoisotopic (exact) mass is 267 g/mol. The van der Waals surface area contributed by atoms with Crippen molar-refractivity contribution in [3.63, 3.8) is 0 Å². The van der Waals surface area contributed by atoms with Crippen LogP contribution in [-0.4, -0.2) is 32.2 Å². The fraction of sp³-hybridized carbons (Fsp3) is 0.182. The lowest BCUT2D eigenvalue weighted by atomic mass is 10.3. The largest absolute Gasteiger partial charge is 0.479 e. The normalized spacial score (nSPS) is 10.3. The Kier molecular flexibility index (Phi) is 3.78. The number of hydrogen-bond donors (Lipinski definition) is 1. The average molecular weight is 268 g/mol. The summed E-state index contributed by atoms with van der Waals surface area (Å²) >= 11 is 5.90. The van der Waals surface area contributed by atoms with E-state index < -0.39 is 12.6 Å². The summed E-state index contributed by atoms with van der Waals surface area (Å²) in [5, 5.41) is 8.64. The van der Waals surface area contributed by atoms with Gasteiger partial charge in [0.2, 0.25) is 0 Å². The molecule has 0 spiro atoms. The number of ether oxygens (including phenoxy) is 1. The quantitative estimate of drug-likeness (QED) is 0.830. The molecule has 0 aliphatic heterocycles. The van der Waals surface area contributed by atoms with E-state index in [0.717, 1.165) is 5.69 Å². The third-order valence-electron chi connectivity index (χ3n) is 2.13. The van der Waals surface area contributed by atoms with Gasteiger partial charge in [0.25, 0.3) is 0 Å². The molecule has 1 N–H and O–H groups in total. The van der Waals surface area contributed by atoms with Crippen LogP contribution in [0.5, 0.6) is 5.75 Å². The van der Waals surface area contributed by atoms with E-state index in [9.17, 15) is 4.79 Å². The molecule has 0 saturated carbocycles. The van der Waals surface area contributed by atoms with Crippen molar-refractivity contribution in [2.75, 3.05) is 6.61 Å². The fourth-order valence-corrected chi connectivity index (χ4v) is 1.59. The number of hydrogen-bond acceptors (Lipinski definition) is 4. The molecule has 18 heavy (non-hydrogen) atoms. The Balaban J connectivity index is 2.07. The number of aliphatic carboxylic acids is 1. The number of aromatic nitrogens is 3. The van der Waals surface area contributed by atoms with Gasteiger partial charge in [-0.3, -0.25) is 0 Å². The molecular weight excluding hydrogens is 258 g/mol. The van der Waals surface area contributed by atoms with E-state index in [-0.39, 0.29) is 10.9 Å². The zero-order chi connectivity index (χ0) is 13.0. The van der Waals surface area contributed by atoms with Crippen molar-refractivity contribution in [1.29, 1.82) is 0 Å². The Morgan fingerprint density at radius 3 is 2.94 bits per heavy atom. The molecule has 0 radical (unpaired) electrons. The Hall–Kier alpha value is -2.08. The second-order valence-corrected chi connectivity index (χ2v) is 3.87. The second kappa shape index (κ2) is 5.50. The van der Waals surface area contributed by atoms with E-state index in [0.29, 0.717) is 6.54 Å². The molecule has 94 valence electrons. The van der Waals surface area contributed by atoms with Gasteiger partial charge in [-0.2, -0.15) is 0 Å². The molecular formula is C11H10ClN3O3. The summed E-state index contributed by atoms with van der Waals surface area (Å²) in [7, 11) is 0. The van der Waals surface area contributed by atoms with Crippen LogP contribution in [0.3, 0.4) is 0 Å². The van der Waals surface area contributed by atoms with Crippen molar-refractivity contribution in [3.05, 3.63) is 41.7 Å². The number of carboxylic acid groups (broad SMARTS) is 1. The van der Waals surface area contributed by atoms with Crippen molar-refractivity contribution in [2.24, 2.45) is 0 Å². The maximum absolute atomic E-state index is 10.4. The summed E-state index contributed by atoms with van der Waals surface area (Å²) in [6, 6.07) is 3.33. The van der Waals surface area contributed by atoms with Gasteiger partial charge in [-0.05, 0) is 12.1 Å². The standard InChI is InChI=1S/C11H10ClN3O3/c12-11-9(18-6-10(16)17)2-1-8(14-11)5-15-4-3-13-7-15/h1-4,7H,5-6H2,(H,16,17). The third-order valence-corrected chi connectivity index (χ3v) is 2.40. The van der Waals surface area contributed by atoms with E-state index in [4.69, 9.17) is 21.4 Å². The predicted octanol–water partition coefficient (Wildman–Crippen LogP) is 1.44. The topological polar surface area (TPSA) is 77.2 Å². The number of carbonyl (C=O) groups is 1. The Labute approximate surface area is 108 Å². The molecule has 2 rings (SSSR count). The van der Waals surface area contributed by atoms with Crippen LogP contribution in [0.4, 0.5) is 0 Å². The highest BCUT2D eigenvalue weighted by molar-refractivity contribution is 6.30. The number of halogens is 1. The summed E-state index contributed by atoms with van der Waals surface area (Å²) in [5.41, 5.74) is 0.737. The van der Waals surface area contributed by atoms with Gasteiger partial charge in [0.05, 0.1) is 18.6 Å². The van der Waals surface area contributed by atoms with Gasteiger partial charge < -0.3 is 14.4 Å². The molecule has 0 saturated heterocycles. The lowest BCUT2D eigenvalue weighted by Crippen LogP contribution is -2.10. The molecule has 0 aliphatic rings. The molecule has 0 bridgehead atoms. The summed E-state index contributed by atoms with van der Waals surface area (Å²) in [4.78, 5) is 18.4. The van der Waals surface area contributed by atoms with Crippen LogP contribution in [-0.2, 0) is 11.3 Å². The Morgan fingerprint density at radius 1 is 1.50 bits per heavy atom. The maximum Gasteiger partial charge on any atom is 0.341 e. The summed E-state index contributed by atoms with van der Waals surface area (Å²) in [6.45, 7) is 0.0984. The molecule has 0 amide bonds. The van der Waals surface area contributed by atoms with Crippen LogP contribution in [0.1, 0.15) is 5.69 Å². The van der Waals surface area contributed by atoms with Gasteiger partial charge in [0.15, 0.2) is 17.5 Å². The maximum atomic E-state index is 10.4. The fourth-order valence-electron chi connectivity index (χ4n) is 1.36. The molecule has 2 aromatic heterocycles. The van der Waals surface area contributed by atoms with E-state index in [1.54, 1.807) is 24.7 Å². The average Bonchev–Trinajstić information content (AvgIpc) is 2.80. The van der Waals surface area contributed by atoms with Crippen LogP contribution in [0.25, 0.3) is 0 Å². The van der Waals surface area contributed by atoms with Gasteiger partial charge >= 0.3 is 5.97 Å². The number of rotatable bonds is 5. The third kappa shape index (κ3) is 3.21. The number of pyridine rings is 1. The summed E-state index contributed by atoms with van der Waals surface area (Å²) in [5.74, 6) is -0.804. The SMILES string of the molecule is O=C(O)COc1ccc(Cn2ccnc2)nc1Cl. The highest BCUT2D eigenvalue weighted by Gasteiger charge is 2.07. The van der Waals surface area contributed by atoms with Crippen molar-refractivity contribution in [2.45, 2.75) is 6.54 Å². The molecule has 0 atom stereocenters. The Morgan fingerprint density at radius 2 is 2.33 bits per heavy atom. The van der Waals surface area contributed by atoms with E-state index >= 15 is 0 Å². The summed E-state index contributed by atoms with van der Waals surface area (Å²) in [6.07, 6.45) is 5.15. The first kappa shape index (κ1) is 12.4. The highest BCUT2D eigenvalue weighted by atomic mass is 35.5. The first-order chi connectivity index (χ1) is 8.65. The molecule has 6 nitrogen and oxygen atoms in total.